The van der Waals surface area contributed by atoms with Crippen LogP contribution in [0.2, 0.25) is 0 Å². The fourth-order valence-corrected chi connectivity index (χ4v) is 2.47. The number of ether oxygens (including phenoxy) is 2. The van der Waals surface area contributed by atoms with Crippen molar-refractivity contribution < 1.29 is 9.47 Å². The van der Waals surface area contributed by atoms with E-state index < -0.39 is 0 Å². The predicted molar refractivity (Wildman–Crippen MR) is 111 cm³/mol. The van der Waals surface area contributed by atoms with Gasteiger partial charge in [-0.25, -0.2) is 4.98 Å². The molecule has 0 saturated carbocycles. The lowest BCUT2D eigenvalue weighted by atomic mass is 10.2. The monoisotopic (exact) mass is 371 g/mol. The molecule has 3 N–H and O–H groups in total. The van der Waals surface area contributed by atoms with Crippen LogP contribution < -0.4 is 25.4 Å². The van der Waals surface area contributed by atoms with Crippen molar-refractivity contribution in [2.75, 3.05) is 44.5 Å². The maximum atomic E-state index is 5.34. The van der Waals surface area contributed by atoms with Crippen molar-refractivity contribution in [1.82, 2.24) is 10.3 Å². The van der Waals surface area contributed by atoms with Gasteiger partial charge in [0.05, 0.1) is 14.2 Å². The normalized spacial score (nSPS) is 11.0. The second-order valence-electron chi connectivity index (χ2n) is 5.80. The molecule has 0 aliphatic heterocycles. The summed E-state index contributed by atoms with van der Waals surface area (Å²) in [5, 5.41) is 9.86. The zero-order valence-corrected chi connectivity index (χ0v) is 16.3. The average molecular weight is 371 g/mol. The molecular weight excluding hydrogens is 342 g/mol. The molecule has 0 bridgehead atoms. The lowest BCUT2D eigenvalue weighted by Crippen LogP contribution is -2.30. The average Bonchev–Trinajstić information content (AvgIpc) is 2.71. The smallest absolute Gasteiger partial charge is 0.195 e. The molecule has 1 aromatic heterocycles. The van der Waals surface area contributed by atoms with Crippen molar-refractivity contribution in [3.8, 4) is 11.5 Å². The number of anilines is 2. The second-order valence-corrected chi connectivity index (χ2v) is 5.80. The number of benzene rings is 1. The largest absolute Gasteiger partial charge is 0.493 e. The summed E-state index contributed by atoms with van der Waals surface area (Å²) in [5.74, 6) is 3.04. The third-order valence-electron chi connectivity index (χ3n) is 3.82. The van der Waals surface area contributed by atoms with Crippen LogP contribution in [0.25, 0.3) is 0 Å². The molecule has 2 aromatic rings. The molecule has 0 saturated heterocycles. The minimum absolute atomic E-state index is 0.680. The molecule has 0 unspecified atom stereocenters. The summed E-state index contributed by atoms with van der Waals surface area (Å²) in [6.45, 7) is 4.46. The highest BCUT2D eigenvalue weighted by atomic mass is 16.5. The van der Waals surface area contributed by atoms with Gasteiger partial charge in [-0.1, -0.05) is 6.07 Å². The molecule has 0 aliphatic carbocycles. The SMILES string of the molecule is CCNC(=NCCCCNc1ccccn1)Nc1ccc(OC)c(OC)c1. The molecule has 27 heavy (non-hydrogen) atoms. The van der Waals surface area contributed by atoms with Gasteiger partial charge in [-0.2, -0.15) is 0 Å². The first-order valence-corrected chi connectivity index (χ1v) is 9.19. The van der Waals surface area contributed by atoms with Gasteiger partial charge in [-0.05, 0) is 44.0 Å². The quantitative estimate of drug-likeness (QED) is 0.338. The van der Waals surface area contributed by atoms with E-state index in [1.54, 1.807) is 20.4 Å². The van der Waals surface area contributed by atoms with Crippen LogP contribution in [0, 0.1) is 0 Å². The number of hydrogen-bond acceptors (Lipinski definition) is 5. The Balaban J connectivity index is 1.81. The van der Waals surface area contributed by atoms with Gasteiger partial charge in [-0.15, -0.1) is 0 Å². The van der Waals surface area contributed by atoms with Crippen LogP contribution in [0.3, 0.4) is 0 Å². The molecule has 0 aliphatic rings. The fourth-order valence-electron chi connectivity index (χ4n) is 2.47. The van der Waals surface area contributed by atoms with Gasteiger partial charge >= 0.3 is 0 Å². The lowest BCUT2D eigenvalue weighted by Gasteiger charge is -2.14. The molecule has 146 valence electrons. The van der Waals surface area contributed by atoms with E-state index in [1.165, 1.54) is 0 Å². The van der Waals surface area contributed by atoms with Crippen LogP contribution in [-0.2, 0) is 0 Å². The van der Waals surface area contributed by atoms with E-state index in [2.05, 4.69) is 25.9 Å². The Morgan fingerprint density at radius 1 is 1.07 bits per heavy atom. The number of guanidine groups is 1. The van der Waals surface area contributed by atoms with Crippen LogP contribution in [0.4, 0.5) is 11.5 Å². The van der Waals surface area contributed by atoms with Crippen molar-refractivity contribution in [1.29, 1.82) is 0 Å². The number of methoxy groups -OCH3 is 2. The highest BCUT2D eigenvalue weighted by molar-refractivity contribution is 5.93. The van der Waals surface area contributed by atoms with Crippen molar-refractivity contribution in [3.63, 3.8) is 0 Å². The van der Waals surface area contributed by atoms with Gasteiger partial charge in [0.2, 0.25) is 0 Å². The van der Waals surface area contributed by atoms with Gasteiger partial charge in [-0.3, -0.25) is 4.99 Å². The Kier molecular flexibility index (Phi) is 8.76. The third kappa shape index (κ3) is 7.05. The molecular formula is C20H29N5O2. The van der Waals surface area contributed by atoms with Crippen molar-refractivity contribution >= 4 is 17.5 Å². The minimum atomic E-state index is 0.680. The number of unbranched alkanes of at least 4 members (excludes halogenated alkanes) is 1. The first-order valence-electron chi connectivity index (χ1n) is 9.19. The Bertz CT molecular complexity index is 707. The van der Waals surface area contributed by atoms with E-state index in [0.29, 0.717) is 11.5 Å². The fraction of sp³-hybridized carbons (Fsp3) is 0.400. The maximum absolute atomic E-state index is 5.34. The standard InChI is InChI=1S/C20H29N5O2/c1-4-21-20(25-16-10-11-17(26-2)18(15-16)27-3)24-14-8-7-13-23-19-9-5-6-12-22-19/h5-6,9-12,15H,4,7-8,13-14H2,1-3H3,(H,22,23)(H2,21,24,25). The number of aliphatic imine (C=N–C) groups is 1. The van der Waals surface area contributed by atoms with E-state index in [9.17, 15) is 0 Å². The van der Waals surface area contributed by atoms with Gasteiger partial charge in [0, 0.05) is 37.6 Å². The molecule has 0 spiro atoms. The van der Waals surface area contributed by atoms with Crippen molar-refractivity contribution in [2.24, 2.45) is 4.99 Å². The summed E-state index contributed by atoms with van der Waals surface area (Å²) < 4.78 is 10.6. The van der Waals surface area contributed by atoms with Crippen molar-refractivity contribution in [3.05, 3.63) is 42.6 Å². The number of aromatic nitrogens is 1. The molecule has 7 nitrogen and oxygen atoms in total. The highest BCUT2D eigenvalue weighted by Gasteiger charge is 2.06. The minimum Gasteiger partial charge on any atom is -0.493 e. The van der Waals surface area contributed by atoms with E-state index in [0.717, 1.165) is 49.9 Å². The summed E-state index contributed by atoms with van der Waals surface area (Å²) >= 11 is 0. The summed E-state index contributed by atoms with van der Waals surface area (Å²) in [7, 11) is 3.25. The third-order valence-corrected chi connectivity index (χ3v) is 3.82. The zero-order valence-electron chi connectivity index (χ0n) is 16.3. The van der Waals surface area contributed by atoms with Gasteiger partial charge < -0.3 is 25.4 Å². The van der Waals surface area contributed by atoms with Gasteiger partial charge in [0.1, 0.15) is 5.82 Å². The van der Waals surface area contributed by atoms with E-state index >= 15 is 0 Å². The maximum Gasteiger partial charge on any atom is 0.195 e. The van der Waals surface area contributed by atoms with Crippen LogP contribution in [0.5, 0.6) is 11.5 Å². The molecule has 0 atom stereocenters. The lowest BCUT2D eigenvalue weighted by molar-refractivity contribution is 0.355. The summed E-state index contributed by atoms with van der Waals surface area (Å²) in [4.78, 5) is 8.87. The molecule has 0 amide bonds. The molecule has 1 heterocycles. The van der Waals surface area contributed by atoms with E-state index in [1.807, 2.05) is 43.3 Å². The highest BCUT2D eigenvalue weighted by Crippen LogP contribution is 2.29. The molecule has 0 radical (unpaired) electrons. The van der Waals surface area contributed by atoms with Gasteiger partial charge in [0.15, 0.2) is 17.5 Å². The molecule has 0 fully saturated rings. The molecule has 1 aromatic carbocycles. The number of nitrogens with zero attached hydrogens (tertiary/aromatic N) is 2. The molecule has 7 heteroatoms. The van der Waals surface area contributed by atoms with Gasteiger partial charge in [0.25, 0.3) is 0 Å². The first-order chi connectivity index (χ1) is 13.3. The Morgan fingerprint density at radius 2 is 1.93 bits per heavy atom. The second kappa shape index (κ2) is 11.6. The summed E-state index contributed by atoms with van der Waals surface area (Å²) in [6, 6.07) is 11.5. The van der Waals surface area contributed by atoms with Crippen LogP contribution in [-0.4, -0.2) is 44.8 Å². The van der Waals surface area contributed by atoms with E-state index in [4.69, 9.17) is 9.47 Å². The van der Waals surface area contributed by atoms with Crippen molar-refractivity contribution in [2.45, 2.75) is 19.8 Å². The predicted octanol–water partition coefficient (Wildman–Crippen LogP) is 3.37. The number of rotatable bonds is 10. The Morgan fingerprint density at radius 3 is 2.63 bits per heavy atom. The van der Waals surface area contributed by atoms with Crippen LogP contribution in [0.1, 0.15) is 19.8 Å². The Labute approximate surface area is 161 Å². The topological polar surface area (TPSA) is 79.8 Å². The number of pyridine rings is 1. The first kappa shape index (κ1) is 20.4. The zero-order chi connectivity index (χ0) is 19.3. The molecule has 2 rings (SSSR count). The number of hydrogen-bond donors (Lipinski definition) is 3. The Hall–Kier alpha value is -2.96. The van der Waals surface area contributed by atoms with E-state index in [-0.39, 0.29) is 0 Å². The van der Waals surface area contributed by atoms with Crippen LogP contribution in [0.15, 0.2) is 47.6 Å². The summed E-state index contributed by atoms with van der Waals surface area (Å²) in [6.07, 6.45) is 3.80. The number of nitrogens with one attached hydrogen (secondary N) is 3. The van der Waals surface area contributed by atoms with Crippen LogP contribution >= 0.6 is 0 Å². The summed E-state index contributed by atoms with van der Waals surface area (Å²) in [5.41, 5.74) is 0.893.